The average Bonchev–Trinajstić information content (AvgIpc) is 3.33. The second-order valence-electron chi connectivity index (χ2n) is 6.57. The van der Waals surface area contributed by atoms with E-state index in [0.29, 0.717) is 0 Å². The predicted molar refractivity (Wildman–Crippen MR) is 122 cm³/mol. The number of hydrogen-bond acceptors (Lipinski definition) is 1. The summed E-state index contributed by atoms with van der Waals surface area (Å²) in [5, 5.41) is 1.15. The van der Waals surface area contributed by atoms with Crippen molar-refractivity contribution in [3.8, 4) is 33.9 Å². The monoisotopic (exact) mass is 491 g/mol. The maximum absolute atomic E-state index is 5.00. The van der Waals surface area contributed by atoms with Gasteiger partial charge < -0.3 is 9.97 Å². The minimum absolute atomic E-state index is 0.855. The number of aromatic amines is 2. The molecule has 5 heteroatoms. The van der Waals surface area contributed by atoms with E-state index < -0.39 is 0 Å². The van der Waals surface area contributed by atoms with Crippen LogP contribution in [0.3, 0.4) is 0 Å². The van der Waals surface area contributed by atoms with E-state index in [1.165, 1.54) is 0 Å². The van der Waals surface area contributed by atoms with Crippen molar-refractivity contribution in [2.75, 3.05) is 0 Å². The van der Waals surface area contributed by atoms with Crippen molar-refractivity contribution in [1.82, 2.24) is 15.0 Å². The summed E-state index contributed by atoms with van der Waals surface area (Å²) < 4.78 is 2.10. The van der Waals surface area contributed by atoms with Crippen LogP contribution in [-0.4, -0.2) is 15.0 Å². The van der Waals surface area contributed by atoms with E-state index >= 15 is 0 Å². The SMILES string of the molecule is Brc1ccc(-c2nc(-c3c[nH]c4ccccc34)[nH]c2-c2ccc(Br)cc2)cc1. The molecule has 0 amide bonds. The van der Waals surface area contributed by atoms with Gasteiger partial charge in [-0.15, -0.1) is 0 Å². The Hall–Kier alpha value is -2.63. The van der Waals surface area contributed by atoms with Crippen LogP contribution in [0.25, 0.3) is 44.8 Å². The Labute approximate surface area is 179 Å². The molecule has 2 aromatic heterocycles. The van der Waals surface area contributed by atoms with Gasteiger partial charge in [0, 0.05) is 42.7 Å². The number of hydrogen-bond donors (Lipinski definition) is 2. The highest BCUT2D eigenvalue weighted by molar-refractivity contribution is 9.10. The quantitative estimate of drug-likeness (QED) is 0.270. The maximum atomic E-state index is 5.00. The zero-order chi connectivity index (χ0) is 19.1. The van der Waals surface area contributed by atoms with E-state index in [1.54, 1.807) is 0 Å². The van der Waals surface area contributed by atoms with Crippen molar-refractivity contribution in [3.05, 3.63) is 87.9 Å². The second kappa shape index (κ2) is 7.08. The number of halogens is 2. The predicted octanol–water partition coefficient (Wildman–Crippen LogP) is 7.42. The van der Waals surface area contributed by atoms with Crippen molar-refractivity contribution in [2.24, 2.45) is 0 Å². The molecule has 0 aliphatic rings. The summed E-state index contributed by atoms with van der Waals surface area (Å²) in [6.07, 6.45) is 2.01. The zero-order valence-electron chi connectivity index (χ0n) is 14.7. The van der Waals surface area contributed by atoms with E-state index in [9.17, 15) is 0 Å². The maximum Gasteiger partial charge on any atom is 0.140 e. The number of nitrogens with one attached hydrogen (secondary N) is 2. The van der Waals surface area contributed by atoms with Crippen molar-refractivity contribution in [3.63, 3.8) is 0 Å². The fourth-order valence-electron chi connectivity index (χ4n) is 3.41. The van der Waals surface area contributed by atoms with Crippen LogP contribution in [0.15, 0.2) is 87.9 Å². The van der Waals surface area contributed by atoms with Gasteiger partial charge in [0.2, 0.25) is 0 Å². The molecular weight excluding hydrogens is 478 g/mol. The molecule has 0 aliphatic carbocycles. The van der Waals surface area contributed by atoms with Gasteiger partial charge >= 0.3 is 0 Å². The van der Waals surface area contributed by atoms with Crippen molar-refractivity contribution in [2.45, 2.75) is 0 Å². The van der Waals surface area contributed by atoms with Crippen LogP contribution in [0.4, 0.5) is 0 Å². The van der Waals surface area contributed by atoms with Gasteiger partial charge in [-0.1, -0.05) is 74.3 Å². The molecule has 5 aromatic rings. The van der Waals surface area contributed by atoms with Crippen molar-refractivity contribution in [1.29, 1.82) is 0 Å². The van der Waals surface area contributed by atoms with Gasteiger partial charge in [0.1, 0.15) is 5.82 Å². The first-order valence-corrected chi connectivity index (χ1v) is 10.5. The molecule has 0 saturated heterocycles. The lowest BCUT2D eigenvalue weighted by atomic mass is 10.1. The molecule has 136 valence electrons. The first-order chi connectivity index (χ1) is 13.7. The van der Waals surface area contributed by atoms with Gasteiger partial charge in [-0.3, -0.25) is 0 Å². The first-order valence-electron chi connectivity index (χ1n) is 8.87. The van der Waals surface area contributed by atoms with E-state index in [-0.39, 0.29) is 0 Å². The summed E-state index contributed by atoms with van der Waals surface area (Å²) in [5.41, 5.74) is 6.29. The zero-order valence-corrected chi connectivity index (χ0v) is 17.9. The number of aromatic nitrogens is 3. The van der Waals surface area contributed by atoms with E-state index in [2.05, 4.69) is 78.2 Å². The van der Waals surface area contributed by atoms with Crippen LogP contribution in [-0.2, 0) is 0 Å². The van der Waals surface area contributed by atoms with Crippen LogP contribution >= 0.6 is 31.9 Å². The van der Waals surface area contributed by atoms with E-state index in [0.717, 1.165) is 53.8 Å². The Morgan fingerprint density at radius 3 is 2.07 bits per heavy atom. The minimum Gasteiger partial charge on any atom is -0.360 e. The van der Waals surface area contributed by atoms with Gasteiger partial charge in [0.05, 0.1) is 11.4 Å². The molecule has 0 bridgehead atoms. The Kier molecular flexibility index (Phi) is 4.41. The third kappa shape index (κ3) is 3.11. The molecule has 3 aromatic carbocycles. The molecule has 0 saturated carbocycles. The highest BCUT2D eigenvalue weighted by Crippen LogP contribution is 2.36. The van der Waals surface area contributed by atoms with Crippen LogP contribution in [0.1, 0.15) is 0 Å². The third-order valence-electron chi connectivity index (χ3n) is 4.80. The van der Waals surface area contributed by atoms with Crippen molar-refractivity contribution >= 4 is 42.8 Å². The number of fused-ring (bicyclic) bond motifs is 1. The van der Waals surface area contributed by atoms with E-state index in [4.69, 9.17) is 4.98 Å². The second-order valence-corrected chi connectivity index (χ2v) is 8.40. The first kappa shape index (κ1) is 17.5. The Morgan fingerprint density at radius 1 is 0.714 bits per heavy atom. The Bertz CT molecular complexity index is 1200. The van der Waals surface area contributed by atoms with Gasteiger partial charge in [0.25, 0.3) is 0 Å². The fraction of sp³-hybridized carbons (Fsp3) is 0. The van der Waals surface area contributed by atoms with Gasteiger partial charge in [-0.2, -0.15) is 0 Å². The van der Waals surface area contributed by atoms with Gasteiger partial charge in [0.15, 0.2) is 0 Å². The Balaban J connectivity index is 1.72. The molecule has 0 spiro atoms. The van der Waals surface area contributed by atoms with Crippen molar-refractivity contribution < 1.29 is 0 Å². The number of H-pyrrole nitrogens is 2. The number of nitrogens with zero attached hydrogens (tertiary/aromatic N) is 1. The molecule has 0 unspecified atom stereocenters. The van der Waals surface area contributed by atoms with Crippen LogP contribution in [0.5, 0.6) is 0 Å². The van der Waals surface area contributed by atoms with Crippen LogP contribution in [0, 0.1) is 0 Å². The molecule has 3 nitrogen and oxygen atoms in total. The molecule has 0 fully saturated rings. The fourth-order valence-corrected chi connectivity index (χ4v) is 3.94. The third-order valence-corrected chi connectivity index (χ3v) is 5.86. The Morgan fingerprint density at radius 2 is 1.36 bits per heavy atom. The summed E-state index contributed by atoms with van der Waals surface area (Å²) in [6, 6.07) is 24.8. The molecule has 0 radical (unpaired) electrons. The number of imidazole rings is 1. The van der Waals surface area contributed by atoms with E-state index in [1.807, 2.05) is 42.6 Å². The lowest BCUT2D eigenvalue weighted by Crippen LogP contribution is -1.83. The highest BCUT2D eigenvalue weighted by atomic mass is 79.9. The molecule has 2 heterocycles. The lowest BCUT2D eigenvalue weighted by Gasteiger charge is -2.04. The lowest BCUT2D eigenvalue weighted by molar-refractivity contribution is 1.31. The summed E-state index contributed by atoms with van der Waals surface area (Å²) in [6.45, 7) is 0. The van der Waals surface area contributed by atoms with Crippen LogP contribution in [0.2, 0.25) is 0 Å². The van der Waals surface area contributed by atoms with Gasteiger partial charge in [-0.25, -0.2) is 4.98 Å². The molecule has 0 atom stereocenters. The topological polar surface area (TPSA) is 44.5 Å². The standard InChI is InChI=1S/C23H15Br2N3/c24-16-9-5-14(6-10-16)21-22(15-7-11-17(25)12-8-15)28-23(27-21)19-13-26-20-4-2-1-3-18(19)20/h1-13,26H,(H,27,28). The van der Waals surface area contributed by atoms with Gasteiger partial charge in [-0.05, 0) is 30.3 Å². The minimum atomic E-state index is 0.855. The molecule has 28 heavy (non-hydrogen) atoms. The summed E-state index contributed by atoms with van der Waals surface area (Å²) in [5.74, 6) is 0.855. The number of benzene rings is 3. The number of para-hydroxylation sites is 1. The summed E-state index contributed by atoms with van der Waals surface area (Å²) in [4.78, 5) is 11.9. The molecule has 0 aliphatic heterocycles. The highest BCUT2D eigenvalue weighted by Gasteiger charge is 2.17. The average molecular weight is 493 g/mol. The number of rotatable bonds is 3. The molecule has 2 N–H and O–H groups in total. The molecule has 5 rings (SSSR count). The normalized spacial score (nSPS) is 11.2. The molecular formula is C23H15Br2N3. The summed E-state index contributed by atoms with van der Waals surface area (Å²) in [7, 11) is 0. The summed E-state index contributed by atoms with van der Waals surface area (Å²) >= 11 is 7.03. The smallest absolute Gasteiger partial charge is 0.140 e. The largest absolute Gasteiger partial charge is 0.360 e. The van der Waals surface area contributed by atoms with Crippen LogP contribution < -0.4 is 0 Å².